The first kappa shape index (κ1) is 60.5. The maximum absolute atomic E-state index is 11.5. The standard InChI is InChI=1S/4C11H21NO3S/c4*1-3-5-9(2)11(16(12,13)14)8-10-6-4-7-15-10/h4*3,9-11H,1,4-8H2,2H3,(H2,12,13,14)/t9-,10+,11+;9-,10+,11-;9-,10-,11+;9-,10-,11-/m0000/s1. The Kier molecular flexibility index (Phi) is 28.4. The fraction of sp³-hybridized carbons (Fsp3) is 0.818. The topological polar surface area (TPSA) is 278 Å². The molecule has 0 aliphatic carbocycles. The van der Waals surface area contributed by atoms with E-state index in [9.17, 15) is 33.7 Å². The number of allylic oxidation sites excluding steroid dienone is 4. The zero-order chi connectivity index (χ0) is 48.7. The maximum Gasteiger partial charge on any atom is 0.212 e. The van der Waals surface area contributed by atoms with Gasteiger partial charge in [0.15, 0.2) is 0 Å². The lowest BCUT2D eigenvalue weighted by molar-refractivity contribution is 0.0995. The van der Waals surface area contributed by atoms with E-state index in [0.29, 0.717) is 51.4 Å². The molecule has 8 N–H and O–H groups in total. The third kappa shape index (κ3) is 23.9. The van der Waals surface area contributed by atoms with E-state index in [1.807, 2.05) is 27.7 Å². The zero-order valence-electron chi connectivity index (χ0n) is 39.0. The Hall–Kier alpha value is -1.56. The summed E-state index contributed by atoms with van der Waals surface area (Å²) in [6, 6.07) is 0. The highest BCUT2D eigenvalue weighted by atomic mass is 32.2. The first-order valence-corrected chi connectivity index (χ1v) is 29.2. The van der Waals surface area contributed by atoms with Crippen LogP contribution in [-0.4, -0.2) is 106 Å². The molecule has 4 aliphatic heterocycles. The van der Waals surface area contributed by atoms with Crippen molar-refractivity contribution in [2.75, 3.05) is 26.4 Å². The molecule has 4 saturated heterocycles. The van der Waals surface area contributed by atoms with Crippen LogP contribution in [0.1, 0.15) is 130 Å². The molecule has 0 aromatic rings. The van der Waals surface area contributed by atoms with Crippen LogP contribution in [-0.2, 0) is 59.0 Å². The van der Waals surface area contributed by atoms with Crippen molar-refractivity contribution in [1.29, 1.82) is 0 Å². The summed E-state index contributed by atoms with van der Waals surface area (Å²) >= 11 is 0. The Morgan fingerprint density at radius 2 is 0.578 bits per heavy atom. The largest absolute Gasteiger partial charge is 0.378 e. The van der Waals surface area contributed by atoms with Crippen molar-refractivity contribution >= 4 is 40.1 Å². The second-order valence-corrected chi connectivity index (χ2v) is 25.1. The van der Waals surface area contributed by atoms with Gasteiger partial charge in [-0.2, -0.15) is 0 Å². The lowest BCUT2D eigenvalue weighted by Gasteiger charge is -2.23. The summed E-state index contributed by atoms with van der Waals surface area (Å²) in [4.78, 5) is 0. The molecule has 0 radical (unpaired) electrons. The van der Waals surface area contributed by atoms with Gasteiger partial charge in [-0.25, -0.2) is 54.2 Å². The van der Waals surface area contributed by atoms with Crippen LogP contribution in [0.4, 0.5) is 0 Å². The van der Waals surface area contributed by atoms with Gasteiger partial charge in [-0.3, -0.25) is 0 Å². The summed E-state index contributed by atoms with van der Waals surface area (Å²) in [6.45, 7) is 25.0. The number of primary sulfonamides is 4. The molecule has 4 fully saturated rings. The van der Waals surface area contributed by atoms with Crippen LogP contribution < -0.4 is 20.6 Å². The molecular formula is C44H84N4O12S4. The average Bonchev–Trinajstić information content (AvgIpc) is 4.03. The molecule has 20 heteroatoms. The second kappa shape index (κ2) is 30.0. The normalized spacial score (nSPS) is 25.2. The van der Waals surface area contributed by atoms with Gasteiger partial charge in [-0.05, 0) is 126 Å². The number of hydrogen-bond acceptors (Lipinski definition) is 12. The molecular weight excluding hydrogens is 905 g/mol. The minimum atomic E-state index is -3.50. The number of sulfonamides is 4. The Morgan fingerprint density at radius 3 is 0.688 bits per heavy atom. The maximum atomic E-state index is 11.5. The van der Waals surface area contributed by atoms with E-state index in [2.05, 4.69) is 26.3 Å². The molecule has 64 heavy (non-hydrogen) atoms. The van der Waals surface area contributed by atoms with Gasteiger partial charge in [-0.15, -0.1) is 26.3 Å². The second-order valence-electron chi connectivity index (χ2n) is 18.0. The van der Waals surface area contributed by atoms with Crippen molar-refractivity contribution in [3.05, 3.63) is 50.6 Å². The van der Waals surface area contributed by atoms with Crippen LogP contribution in [0, 0.1) is 23.7 Å². The van der Waals surface area contributed by atoms with E-state index < -0.39 is 61.1 Å². The van der Waals surface area contributed by atoms with Crippen LogP contribution in [0.25, 0.3) is 0 Å². The molecule has 376 valence electrons. The van der Waals surface area contributed by atoms with Crippen LogP contribution in [0.2, 0.25) is 0 Å². The lowest BCUT2D eigenvalue weighted by atomic mass is 9.98. The predicted molar refractivity (Wildman–Crippen MR) is 258 cm³/mol. The molecule has 4 rings (SSSR count). The van der Waals surface area contributed by atoms with Crippen molar-refractivity contribution in [2.24, 2.45) is 44.2 Å². The zero-order valence-corrected chi connectivity index (χ0v) is 42.3. The van der Waals surface area contributed by atoms with Gasteiger partial charge >= 0.3 is 0 Å². The fourth-order valence-corrected chi connectivity index (χ4v) is 13.7. The van der Waals surface area contributed by atoms with Crippen LogP contribution in [0.5, 0.6) is 0 Å². The first-order valence-electron chi connectivity index (χ1n) is 22.8. The predicted octanol–water partition coefficient (Wildman–Crippen LogP) is 5.70. The third-order valence-electron chi connectivity index (χ3n) is 12.5. The van der Waals surface area contributed by atoms with Gasteiger partial charge in [0.05, 0.1) is 45.4 Å². The number of ether oxygens (including phenoxy) is 4. The highest BCUT2D eigenvalue weighted by Crippen LogP contribution is 2.29. The third-order valence-corrected chi connectivity index (χ3v) is 18.5. The van der Waals surface area contributed by atoms with Crippen molar-refractivity contribution in [2.45, 2.75) is 176 Å². The Bertz CT molecular complexity index is 1540. The lowest BCUT2D eigenvalue weighted by Crippen LogP contribution is -2.36. The van der Waals surface area contributed by atoms with Gasteiger partial charge in [-0.1, -0.05) is 52.0 Å². The van der Waals surface area contributed by atoms with E-state index >= 15 is 0 Å². The summed E-state index contributed by atoms with van der Waals surface area (Å²) < 4.78 is 114. The number of hydrogen-bond donors (Lipinski definition) is 4. The number of nitrogens with two attached hydrogens (primary N) is 4. The van der Waals surface area contributed by atoms with Crippen LogP contribution >= 0.6 is 0 Å². The Labute approximate surface area is 388 Å². The molecule has 16 nitrogen and oxygen atoms in total. The molecule has 0 amide bonds. The molecule has 0 aromatic carbocycles. The molecule has 4 heterocycles. The first-order chi connectivity index (χ1) is 29.8. The van der Waals surface area contributed by atoms with E-state index in [1.165, 1.54) is 0 Å². The van der Waals surface area contributed by atoms with Gasteiger partial charge in [0, 0.05) is 26.4 Å². The summed E-state index contributed by atoms with van der Waals surface area (Å²) in [7, 11) is -14.0. The van der Waals surface area contributed by atoms with Crippen LogP contribution in [0.15, 0.2) is 50.6 Å². The van der Waals surface area contributed by atoms with Crippen molar-refractivity contribution < 1.29 is 52.6 Å². The molecule has 12 atom stereocenters. The summed E-state index contributed by atoms with van der Waals surface area (Å²) in [5.41, 5.74) is 0. The van der Waals surface area contributed by atoms with E-state index in [-0.39, 0.29) is 48.1 Å². The van der Waals surface area contributed by atoms with Gasteiger partial charge in [0.2, 0.25) is 40.1 Å². The molecule has 0 unspecified atom stereocenters. The highest BCUT2D eigenvalue weighted by Gasteiger charge is 2.35. The van der Waals surface area contributed by atoms with Gasteiger partial charge < -0.3 is 18.9 Å². The number of rotatable bonds is 24. The van der Waals surface area contributed by atoms with E-state index in [1.54, 1.807) is 24.3 Å². The quantitative estimate of drug-likeness (QED) is 0.0848. The fourth-order valence-electron chi connectivity index (χ4n) is 8.78. The van der Waals surface area contributed by atoms with E-state index in [4.69, 9.17) is 39.5 Å². The van der Waals surface area contributed by atoms with Crippen molar-refractivity contribution in [3.8, 4) is 0 Å². The Morgan fingerprint density at radius 1 is 0.406 bits per heavy atom. The summed E-state index contributed by atoms with van der Waals surface area (Å²) in [6.07, 6.45) is 19.6. The molecule has 0 bridgehead atoms. The van der Waals surface area contributed by atoms with Crippen molar-refractivity contribution in [1.82, 2.24) is 0 Å². The van der Waals surface area contributed by atoms with Crippen molar-refractivity contribution in [3.63, 3.8) is 0 Å². The van der Waals surface area contributed by atoms with Gasteiger partial charge in [0.25, 0.3) is 0 Å². The summed E-state index contributed by atoms with van der Waals surface area (Å²) in [5.74, 6) is -0.0122. The minimum absolute atomic E-state index is 0.00306. The molecule has 0 aromatic heterocycles. The van der Waals surface area contributed by atoms with Crippen LogP contribution in [0.3, 0.4) is 0 Å². The van der Waals surface area contributed by atoms with Gasteiger partial charge in [0.1, 0.15) is 0 Å². The SMILES string of the molecule is C=CC[C@H](C)[C@@H](C[C@@H]1CCCO1)S(N)(=O)=O.C=CC[C@H](C)[C@@H](C[C@H]1CCCO1)S(N)(=O)=O.C=CC[C@H](C)[C@H](C[C@@H]1CCCO1)S(N)(=O)=O.C=CC[C@H](C)[C@H](C[C@H]1CCCO1)S(N)(=O)=O. The average molecular weight is 989 g/mol. The molecule has 4 aliphatic rings. The Balaban J connectivity index is 0.000000427. The smallest absolute Gasteiger partial charge is 0.212 e. The highest BCUT2D eigenvalue weighted by molar-refractivity contribution is 7.90. The molecule has 0 spiro atoms. The summed E-state index contributed by atoms with van der Waals surface area (Å²) in [5, 5.41) is 19.0. The monoisotopic (exact) mass is 988 g/mol. The molecule has 0 saturated carbocycles. The minimum Gasteiger partial charge on any atom is -0.378 e. The van der Waals surface area contributed by atoms with E-state index in [0.717, 1.165) is 77.8 Å².